The number of carbonyl (C=O) groups is 2. The molecule has 0 aromatic carbocycles. The Bertz CT molecular complexity index is 418. The molecule has 1 amide bonds. The normalized spacial score (nSPS) is 33.0. The van der Waals surface area contributed by atoms with Crippen molar-refractivity contribution in [1.82, 2.24) is 4.90 Å². The number of rotatable bonds is 4. The number of hydrogen-bond acceptors (Lipinski definition) is 2. The lowest BCUT2D eigenvalue weighted by Crippen LogP contribution is -2.38. The summed E-state index contributed by atoms with van der Waals surface area (Å²) in [7, 11) is 0. The van der Waals surface area contributed by atoms with Crippen LogP contribution in [0.25, 0.3) is 0 Å². The van der Waals surface area contributed by atoms with E-state index in [4.69, 9.17) is 5.11 Å². The van der Waals surface area contributed by atoms with Crippen LogP contribution < -0.4 is 0 Å². The van der Waals surface area contributed by atoms with Crippen LogP contribution in [-0.2, 0) is 9.59 Å². The Balaban J connectivity index is 2.00. The molecule has 3 atom stereocenters. The zero-order valence-electron chi connectivity index (χ0n) is 13.1. The average molecular weight is 281 g/mol. The van der Waals surface area contributed by atoms with Crippen LogP contribution in [0.15, 0.2) is 0 Å². The third-order valence-electron chi connectivity index (χ3n) is 4.78. The molecule has 1 N–H and O–H groups in total. The minimum Gasteiger partial charge on any atom is -0.481 e. The zero-order chi connectivity index (χ0) is 15.1. The van der Waals surface area contributed by atoms with E-state index in [0.29, 0.717) is 17.9 Å². The molecule has 1 aliphatic carbocycles. The van der Waals surface area contributed by atoms with E-state index in [1.807, 2.05) is 11.8 Å². The van der Waals surface area contributed by atoms with Gasteiger partial charge in [-0.2, -0.15) is 0 Å². The molecule has 1 heterocycles. The highest BCUT2D eigenvalue weighted by atomic mass is 16.4. The molecule has 1 saturated heterocycles. The van der Waals surface area contributed by atoms with Crippen molar-refractivity contribution < 1.29 is 14.7 Å². The van der Waals surface area contributed by atoms with Gasteiger partial charge in [0.1, 0.15) is 0 Å². The minimum absolute atomic E-state index is 0.0764. The van der Waals surface area contributed by atoms with Gasteiger partial charge in [0.2, 0.25) is 5.91 Å². The van der Waals surface area contributed by atoms with Crippen molar-refractivity contribution in [2.24, 2.45) is 16.7 Å². The topological polar surface area (TPSA) is 57.6 Å². The van der Waals surface area contributed by atoms with Crippen molar-refractivity contribution in [2.75, 3.05) is 6.54 Å². The SMILES string of the molecule is CC(CC(=O)O)CC(=O)N1CC2(C)CC1CC(C)(C)C2. The highest BCUT2D eigenvalue weighted by Gasteiger charge is 2.50. The molecule has 20 heavy (non-hydrogen) atoms. The van der Waals surface area contributed by atoms with Gasteiger partial charge in [-0.1, -0.05) is 27.7 Å². The van der Waals surface area contributed by atoms with Crippen LogP contribution in [-0.4, -0.2) is 34.5 Å². The molecular formula is C16H27NO3. The molecule has 2 bridgehead atoms. The van der Waals surface area contributed by atoms with Crippen molar-refractivity contribution in [3.63, 3.8) is 0 Å². The molecule has 4 nitrogen and oxygen atoms in total. The zero-order valence-corrected chi connectivity index (χ0v) is 13.1. The molecule has 2 rings (SSSR count). The summed E-state index contributed by atoms with van der Waals surface area (Å²) in [6.07, 6.45) is 3.79. The lowest BCUT2D eigenvalue weighted by atomic mass is 9.65. The molecule has 1 saturated carbocycles. The lowest BCUT2D eigenvalue weighted by Gasteiger charge is -2.39. The van der Waals surface area contributed by atoms with Crippen molar-refractivity contribution in [3.05, 3.63) is 0 Å². The predicted octanol–water partition coefficient (Wildman–Crippen LogP) is 2.91. The minimum atomic E-state index is -0.821. The molecule has 4 heteroatoms. The maximum absolute atomic E-state index is 12.5. The Labute approximate surface area is 121 Å². The van der Waals surface area contributed by atoms with Crippen LogP contribution in [0, 0.1) is 16.7 Å². The monoisotopic (exact) mass is 281 g/mol. The fraction of sp³-hybridized carbons (Fsp3) is 0.875. The Hall–Kier alpha value is -1.06. The highest BCUT2D eigenvalue weighted by Crippen LogP contribution is 2.52. The van der Waals surface area contributed by atoms with E-state index >= 15 is 0 Å². The fourth-order valence-corrected chi connectivity index (χ4v) is 4.54. The molecule has 2 aliphatic rings. The molecule has 0 aromatic heterocycles. The summed E-state index contributed by atoms with van der Waals surface area (Å²) in [4.78, 5) is 25.2. The van der Waals surface area contributed by atoms with Gasteiger partial charge in [0, 0.05) is 25.4 Å². The van der Waals surface area contributed by atoms with E-state index in [9.17, 15) is 9.59 Å². The van der Waals surface area contributed by atoms with Gasteiger partial charge in [-0.3, -0.25) is 9.59 Å². The van der Waals surface area contributed by atoms with E-state index in [-0.39, 0.29) is 23.7 Å². The van der Waals surface area contributed by atoms with Crippen LogP contribution in [0.5, 0.6) is 0 Å². The van der Waals surface area contributed by atoms with Gasteiger partial charge in [-0.15, -0.1) is 0 Å². The van der Waals surface area contributed by atoms with Gasteiger partial charge in [0.25, 0.3) is 0 Å². The predicted molar refractivity (Wildman–Crippen MR) is 77.3 cm³/mol. The Morgan fingerprint density at radius 2 is 1.90 bits per heavy atom. The third kappa shape index (κ3) is 3.33. The first-order valence-electron chi connectivity index (χ1n) is 7.62. The smallest absolute Gasteiger partial charge is 0.303 e. The summed E-state index contributed by atoms with van der Waals surface area (Å²) in [6.45, 7) is 9.56. The van der Waals surface area contributed by atoms with E-state index in [1.165, 1.54) is 6.42 Å². The molecule has 0 spiro atoms. The van der Waals surface area contributed by atoms with Crippen LogP contribution in [0.4, 0.5) is 0 Å². The van der Waals surface area contributed by atoms with Crippen LogP contribution in [0.2, 0.25) is 0 Å². The maximum atomic E-state index is 12.5. The van der Waals surface area contributed by atoms with Crippen molar-refractivity contribution in [2.45, 2.75) is 65.8 Å². The Kier molecular flexibility index (Phi) is 3.87. The van der Waals surface area contributed by atoms with E-state index < -0.39 is 5.97 Å². The number of aliphatic carboxylic acids is 1. The highest BCUT2D eigenvalue weighted by molar-refractivity contribution is 5.78. The molecular weight excluding hydrogens is 254 g/mol. The Morgan fingerprint density at radius 1 is 1.25 bits per heavy atom. The van der Waals surface area contributed by atoms with Gasteiger partial charge in [0.15, 0.2) is 0 Å². The molecule has 3 unspecified atom stereocenters. The maximum Gasteiger partial charge on any atom is 0.303 e. The number of fused-ring (bicyclic) bond motifs is 2. The lowest BCUT2D eigenvalue weighted by molar-refractivity contribution is -0.138. The van der Waals surface area contributed by atoms with Gasteiger partial charge in [0.05, 0.1) is 0 Å². The van der Waals surface area contributed by atoms with Crippen LogP contribution in [0.3, 0.4) is 0 Å². The van der Waals surface area contributed by atoms with Crippen LogP contribution >= 0.6 is 0 Å². The van der Waals surface area contributed by atoms with Crippen molar-refractivity contribution >= 4 is 11.9 Å². The number of carboxylic acids is 1. The van der Waals surface area contributed by atoms with E-state index in [0.717, 1.165) is 19.4 Å². The molecule has 114 valence electrons. The van der Waals surface area contributed by atoms with Crippen molar-refractivity contribution in [3.8, 4) is 0 Å². The van der Waals surface area contributed by atoms with Gasteiger partial charge in [-0.05, 0) is 36.0 Å². The number of carboxylic acid groups (broad SMARTS) is 1. The molecule has 1 aliphatic heterocycles. The summed E-state index contributed by atoms with van der Waals surface area (Å²) in [5.41, 5.74) is 0.553. The fourth-order valence-electron chi connectivity index (χ4n) is 4.54. The second-order valence-electron chi connectivity index (χ2n) is 8.14. The second kappa shape index (κ2) is 5.05. The molecule has 0 aromatic rings. The van der Waals surface area contributed by atoms with E-state index in [2.05, 4.69) is 20.8 Å². The summed E-state index contributed by atoms with van der Waals surface area (Å²) in [6, 6.07) is 0.355. The van der Waals surface area contributed by atoms with Gasteiger partial charge < -0.3 is 10.0 Å². The summed E-state index contributed by atoms with van der Waals surface area (Å²) in [5.74, 6) is -0.759. The standard InChI is InChI=1S/C16H27NO3/c1-11(6-14(19)20)5-13(18)17-10-16(4)8-12(17)7-15(2,3)9-16/h11-12H,5-10H2,1-4H3,(H,19,20). The number of carbonyl (C=O) groups excluding carboxylic acids is 1. The average Bonchev–Trinajstić information content (AvgIpc) is 2.46. The van der Waals surface area contributed by atoms with E-state index in [1.54, 1.807) is 0 Å². The quantitative estimate of drug-likeness (QED) is 0.862. The largest absolute Gasteiger partial charge is 0.481 e. The number of nitrogens with zero attached hydrogens (tertiary/aromatic N) is 1. The Morgan fingerprint density at radius 3 is 2.50 bits per heavy atom. The van der Waals surface area contributed by atoms with Crippen molar-refractivity contribution in [1.29, 1.82) is 0 Å². The first-order valence-corrected chi connectivity index (χ1v) is 7.62. The molecule has 0 radical (unpaired) electrons. The number of likely N-dealkylation sites (tertiary alicyclic amines) is 1. The second-order valence-corrected chi connectivity index (χ2v) is 8.14. The third-order valence-corrected chi connectivity index (χ3v) is 4.78. The first kappa shape index (κ1) is 15.3. The summed E-state index contributed by atoms with van der Waals surface area (Å²) < 4.78 is 0. The van der Waals surface area contributed by atoms with Gasteiger partial charge in [-0.25, -0.2) is 0 Å². The summed E-state index contributed by atoms with van der Waals surface area (Å²) in [5, 5.41) is 8.80. The summed E-state index contributed by atoms with van der Waals surface area (Å²) >= 11 is 0. The number of hydrogen-bond donors (Lipinski definition) is 1. The first-order chi connectivity index (χ1) is 9.10. The molecule has 2 fully saturated rings. The van der Waals surface area contributed by atoms with Gasteiger partial charge >= 0.3 is 5.97 Å². The number of amides is 1. The van der Waals surface area contributed by atoms with Crippen LogP contribution in [0.1, 0.15) is 59.8 Å².